The third-order valence-electron chi connectivity index (χ3n) is 3.99. The molecule has 23 heavy (non-hydrogen) atoms. The summed E-state index contributed by atoms with van der Waals surface area (Å²) < 4.78 is 13.0. The summed E-state index contributed by atoms with van der Waals surface area (Å²) in [6.07, 6.45) is 0.245. The van der Waals surface area contributed by atoms with E-state index in [-0.39, 0.29) is 30.1 Å². The van der Waals surface area contributed by atoms with E-state index >= 15 is 0 Å². The number of hydrogen-bond donors (Lipinski definition) is 1. The first-order chi connectivity index (χ1) is 11.0. The highest BCUT2D eigenvalue weighted by atomic mass is 19.1. The molecule has 0 radical (unpaired) electrons. The normalized spacial score (nSPS) is 17.4. The summed E-state index contributed by atoms with van der Waals surface area (Å²) in [4.78, 5) is 26.0. The van der Waals surface area contributed by atoms with Crippen LogP contribution in [0.1, 0.15) is 22.3 Å². The van der Waals surface area contributed by atoms with Gasteiger partial charge in [-0.05, 0) is 42.8 Å². The molecule has 3 rings (SSSR count). The number of carbonyl (C=O) groups is 2. The minimum atomic E-state index is -0.343. The molecular formula is C18H17FN2O2. The number of nitrogens with zero attached hydrogens (tertiary/aromatic N) is 1. The summed E-state index contributed by atoms with van der Waals surface area (Å²) in [6, 6.07) is 12.9. The molecule has 1 heterocycles. The Labute approximate surface area is 133 Å². The number of benzene rings is 2. The van der Waals surface area contributed by atoms with Crippen molar-refractivity contribution in [3.05, 3.63) is 65.5 Å². The van der Waals surface area contributed by atoms with Crippen molar-refractivity contribution >= 4 is 17.5 Å². The first-order valence-electron chi connectivity index (χ1n) is 7.47. The number of anilines is 1. The van der Waals surface area contributed by atoms with Crippen LogP contribution in [-0.2, 0) is 4.79 Å². The molecule has 2 aromatic carbocycles. The van der Waals surface area contributed by atoms with Crippen molar-refractivity contribution in [1.82, 2.24) is 5.32 Å². The predicted octanol–water partition coefficient (Wildman–Crippen LogP) is 2.67. The Morgan fingerprint density at radius 2 is 1.87 bits per heavy atom. The van der Waals surface area contributed by atoms with Gasteiger partial charge in [0.05, 0.1) is 6.04 Å². The predicted molar refractivity (Wildman–Crippen MR) is 85.8 cm³/mol. The molecule has 0 saturated carbocycles. The van der Waals surface area contributed by atoms with Crippen molar-refractivity contribution in [1.29, 1.82) is 0 Å². The van der Waals surface area contributed by atoms with Gasteiger partial charge in [-0.1, -0.05) is 18.2 Å². The Balaban J connectivity index is 1.69. The third kappa shape index (κ3) is 3.23. The molecule has 1 N–H and O–H groups in total. The summed E-state index contributed by atoms with van der Waals surface area (Å²) >= 11 is 0. The Morgan fingerprint density at radius 3 is 2.57 bits per heavy atom. The summed E-state index contributed by atoms with van der Waals surface area (Å²) in [6.45, 7) is 2.27. The van der Waals surface area contributed by atoms with Crippen molar-refractivity contribution in [3.63, 3.8) is 0 Å². The number of carbonyl (C=O) groups excluding carboxylic acids is 2. The number of aryl methyl sites for hydroxylation is 1. The van der Waals surface area contributed by atoms with Gasteiger partial charge in [-0.15, -0.1) is 0 Å². The minimum Gasteiger partial charge on any atom is -0.347 e. The minimum absolute atomic E-state index is 0.0771. The second-order valence-corrected chi connectivity index (χ2v) is 5.67. The summed E-state index contributed by atoms with van der Waals surface area (Å²) in [5, 5.41) is 2.90. The first kappa shape index (κ1) is 15.2. The largest absolute Gasteiger partial charge is 0.347 e. The third-order valence-corrected chi connectivity index (χ3v) is 3.99. The van der Waals surface area contributed by atoms with Crippen LogP contribution in [0.2, 0.25) is 0 Å². The zero-order valence-corrected chi connectivity index (χ0v) is 12.8. The van der Waals surface area contributed by atoms with Crippen molar-refractivity contribution in [2.24, 2.45) is 0 Å². The number of nitrogens with one attached hydrogen (secondary N) is 1. The topological polar surface area (TPSA) is 49.4 Å². The average molecular weight is 312 g/mol. The quantitative estimate of drug-likeness (QED) is 0.947. The van der Waals surface area contributed by atoms with Gasteiger partial charge < -0.3 is 10.2 Å². The highest BCUT2D eigenvalue weighted by molar-refractivity contribution is 5.99. The van der Waals surface area contributed by atoms with E-state index in [4.69, 9.17) is 0 Å². The van der Waals surface area contributed by atoms with Crippen molar-refractivity contribution in [2.45, 2.75) is 19.4 Å². The monoisotopic (exact) mass is 312 g/mol. The van der Waals surface area contributed by atoms with Gasteiger partial charge >= 0.3 is 0 Å². The lowest BCUT2D eigenvalue weighted by atomic mass is 10.1. The number of halogens is 1. The van der Waals surface area contributed by atoms with Crippen LogP contribution in [0.3, 0.4) is 0 Å². The maximum atomic E-state index is 13.0. The molecule has 118 valence electrons. The lowest BCUT2D eigenvalue weighted by molar-refractivity contribution is -0.117. The smallest absolute Gasteiger partial charge is 0.251 e. The Morgan fingerprint density at radius 1 is 1.17 bits per heavy atom. The fourth-order valence-electron chi connectivity index (χ4n) is 2.77. The molecule has 1 saturated heterocycles. The second-order valence-electron chi connectivity index (χ2n) is 5.67. The molecule has 1 atom stereocenters. The van der Waals surface area contributed by atoms with Crippen LogP contribution >= 0.6 is 0 Å². The Kier molecular flexibility index (Phi) is 4.10. The molecule has 5 heteroatoms. The van der Waals surface area contributed by atoms with Gasteiger partial charge in [0, 0.05) is 24.2 Å². The van der Waals surface area contributed by atoms with E-state index in [0.29, 0.717) is 17.8 Å². The van der Waals surface area contributed by atoms with Crippen molar-refractivity contribution in [3.8, 4) is 0 Å². The zero-order chi connectivity index (χ0) is 16.4. The lowest BCUT2D eigenvalue weighted by Gasteiger charge is -2.17. The van der Waals surface area contributed by atoms with E-state index in [0.717, 1.165) is 5.56 Å². The van der Waals surface area contributed by atoms with Crippen LogP contribution in [-0.4, -0.2) is 24.4 Å². The molecule has 1 fully saturated rings. The number of amides is 2. The summed E-state index contributed by atoms with van der Waals surface area (Å²) in [5.41, 5.74) is 2.15. The maximum absolute atomic E-state index is 13.0. The standard InChI is InChI=1S/C18H17FN2O2/c1-12-4-2-3-5-16(12)18(23)20-14-10-17(22)21(11-14)15-8-6-13(19)7-9-15/h2-9,14H,10-11H2,1H3,(H,20,23). The summed E-state index contributed by atoms with van der Waals surface area (Å²) in [7, 11) is 0. The van der Waals surface area contributed by atoms with Gasteiger partial charge in [-0.3, -0.25) is 9.59 Å². The molecular weight excluding hydrogens is 295 g/mol. The number of rotatable bonds is 3. The SMILES string of the molecule is Cc1ccccc1C(=O)NC1CC(=O)N(c2ccc(F)cc2)C1. The van der Waals surface area contributed by atoms with Gasteiger partial charge in [-0.25, -0.2) is 4.39 Å². The molecule has 1 unspecified atom stereocenters. The van der Waals surface area contributed by atoms with E-state index in [9.17, 15) is 14.0 Å². The first-order valence-corrected chi connectivity index (χ1v) is 7.47. The van der Waals surface area contributed by atoms with E-state index in [1.807, 2.05) is 25.1 Å². The van der Waals surface area contributed by atoms with Crippen molar-refractivity contribution in [2.75, 3.05) is 11.4 Å². The van der Waals surface area contributed by atoms with Crippen LogP contribution in [0, 0.1) is 12.7 Å². The van der Waals surface area contributed by atoms with Gasteiger partial charge in [-0.2, -0.15) is 0 Å². The van der Waals surface area contributed by atoms with Gasteiger partial charge in [0.1, 0.15) is 5.82 Å². The second kappa shape index (κ2) is 6.20. The zero-order valence-electron chi connectivity index (χ0n) is 12.8. The number of hydrogen-bond acceptors (Lipinski definition) is 2. The molecule has 0 aliphatic carbocycles. The average Bonchev–Trinajstić information content (AvgIpc) is 2.89. The molecule has 4 nitrogen and oxygen atoms in total. The van der Waals surface area contributed by atoms with E-state index in [2.05, 4.69) is 5.32 Å². The van der Waals surface area contributed by atoms with E-state index < -0.39 is 0 Å². The maximum Gasteiger partial charge on any atom is 0.251 e. The molecule has 1 aliphatic rings. The highest BCUT2D eigenvalue weighted by Gasteiger charge is 2.31. The Hall–Kier alpha value is -2.69. The van der Waals surface area contributed by atoms with Gasteiger partial charge in [0.25, 0.3) is 5.91 Å². The van der Waals surface area contributed by atoms with Crippen LogP contribution < -0.4 is 10.2 Å². The fourth-order valence-corrected chi connectivity index (χ4v) is 2.77. The van der Waals surface area contributed by atoms with E-state index in [1.165, 1.54) is 12.1 Å². The van der Waals surface area contributed by atoms with Gasteiger partial charge in [0.15, 0.2) is 0 Å². The van der Waals surface area contributed by atoms with Crippen LogP contribution in [0.25, 0.3) is 0 Å². The van der Waals surface area contributed by atoms with Gasteiger partial charge in [0.2, 0.25) is 5.91 Å². The molecule has 0 spiro atoms. The van der Waals surface area contributed by atoms with Crippen LogP contribution in [0.4, 0.5) is 10.1 Å². The molecule has 2 amide bonds. The van der Waals surface area contributed by atoms with E-state index in [1.54, 1.807) is 23.1 Å². The summed E-state index contributed by atoms with van der Waals surface area (Å²) in [5.74, 6) is -0.599. The lowest BCUT2D eigenvalue weighted by Crippen LogP contribution is -2.37. The Bertz CT molecular complexity index is 743. The molecule has 1 aliphatic heterocycles. The van der Waals surface area contributed by atoms with Crippen LogP contribution in [0.15, 0.2) is 48.5 Å². The fraction of sp³-hybridized carbons (Fsp3) is 0.222. The molecule has 0 bridgehead atoms. The molecule has 0 aromatic heterocycles. The molecule has 2 aromatic rings. The highest BCUT2D eigenvalue weighted by Crippen LogP contribution is 2.22. The van der Waals surface area contributed by atoms with Crippen LogP contribution in [0.5, 0.6) is 0 Å². The van der Waals surface area contributed by atoms with Crippen molar-refractivity contribution < 1.29 is 14.0 Å².